The standard InChI is InChI=1S/C13H17BrN2O2/c1-10-11(14)2-3-12(15-10)16-5-7-18-13(8-16)4-6-17-9-13/h2-3H,4-9H2,1H3. The molecule has 2 aliphatic rings. The Morgan fingerprint density at radius 1 is 1.39 bits per heavy atom. The van der Waals surface area contributed by atoms with Crippen molar-refractivity contribution in [1.82, 2.24) is 4.98 Å². The van der Waals surface area contributed by atoms with Crippen LogP contribution in [-0.4, -0.2) is 43.5 Å². The molecule has 5 heteroatoms. The van der Waals surface area contributed by atoms with Gasteiger partial charge in [0.2, 0.25) is 0 Å². The fourth-order valence-electron chi connectivity index (χ4n) is 2.57. The van der Waals surface area contributed by atoms with Crippen LogP contribution in [-0.2, 0) is 9.47 Å². The molecule has 3 rings (SSSR count). The van der Waals surface area contributed by atoms with Gasteiger partial charge >= 0.3 is 0 Å². The molecule has 1 atom stereocenters. The second-order valence-electron chi connectivity index (χ2n) is 4.99. The smallest absolute Gasteiger partial charge is 0.129 e. The van der Waals surface area contributed by atoms with E-state index in [1.54, 1.807) is 0 Å². The van der Waals surface area contributed by atoms with Crippen LogP contribution in [0.5, 0.6) is 0 Å². The van der Waals surface area contributed by atoms with E-state index in [1.807, 2.05) is 6.92 Å². The van der Waals surface area contributed by atoms with Crippen LogP contribution in [0.15, 0.2) is 16.6 Å². The van der Waals surface area contributed by atoms with Gasteiger partial charge in [-0.25, -0.2) is 4.98 Å². The van der Waals surface area contributed by atoms with E-state index in [2.05, 4.69) is 37.9 Å². The molecule has 0 aliphatic carbocycles. The van der Waals surface area contributed by atoms with Crippen molar-refractivity contribution < 1.29 is 9.47 Å². The minimum atomic E-state index is -0.110. The molecule has 2 fully saturated rings. The normalized spacial score (nSPS) is 28.0. The summed E-state index contributed by atoms with van der Waals surface area (Å²) < 4.78 is 12.5. The molecule has 0 saturated carbocycles. The lowest BCUT2D eigenvalue weighted by atomic mass is 10.0. The summed E-state index contributed by atoms with van der Waals surface area (Å²) >= 11 is 3.49. The lowest BCUT2D eigenvalue weighted by Crippen LogP contribution is -2.52. The molecule has 98 valence electrons. The highest BCUT2D eigenvalue weighted by Gasteiger charge is 2.40. The number of halogens is 1. The van der Waals surface area contributed by atoms with Crippen molar-refractivity contribution in [3.05, 3.63) is 22.3 Å². The van der Waals surface area contributed by atoms with Crippen molar-refractivity contribution in [3.63, 3.8) is 0 Å². The molecular weight excluding hydrogens is 296 g/mol. The molecule has 1 unspecified atom stereocenters. The highest BCUT2D eigenvalue weighted by atomic mass is 79.9. The van der Waals surface area contributed by atoms with Gasteiger partial charge in [-0.3, -0.25) is 0 Å². The van der Waals surface area contributed by atoms with E-state index in [-0.39, 0.29) is 5.60 Å². The van der Waals surface area contributed by atoms with Gasteiger partial charge in [0, 0.05) is 24.0 Å². The zero-order valence-electron chi connectivity index (χ0n) is 10.5. The molecule has 0 radical (unpaired) electrons. The maximum atomic E-state index is 5.93. The summed E-state index contributed by atoms with van der Waals surface area (Å²) in [4.78, 5) is 6.94. The van der Waals surface area contributed by atoms with Gasteiger partial charge in [0.05, 0.1) is 25.5 Å². The summed E-state index contributed by atoms with van der Waals surface area (Å²) in [6, 6.07) is 4.12. The van der Waals surface area contributed by atoms with Crippen LogP contribution in [0.2, 0.25) is 0 Å². The number of anilines is 1. The van der Waals surface area contributed by atoms with Gasteiger partial charge in [0.25, 0.3) is 0 Å². The van der Waals surface area contributed by atoms with Crippen molar-refractivity contribution in [1.29, 1.82) is 0 Å². The number of nitrogens with zero attached hydrogens (tertiary/aromatic N) is 2. The molecule has 1 spiro atoms. The number of pyridine rings is 1. The van der Waals surface area contributed by atoms with Crippen molar-refractivity contribution in [2.45, 2.75) is 18.9 Å². The fraction of sp³-hybridized carbons (Fsp3) is 0.615. The average Bonchev–Trinajstić information content (AvgIpc) is 2.81. The molecule has 4 nitrogen and oxygen atoms in total. The first-order valence-corrected chi connectivity index (χ1v) is 7.08. The Kier molecular flexibility index (Phi) is 3.30. The highest BCUT2D eigenvalue weighted by Crippen LogP contribution is 2.30. The molecule has 3 heterocycles. The summed E-state index contributed by atoms with van der Waals surface area (Å²) in [6.45, 7) is 6.05. The van der Waals surface area contributed by atoms with E-state index in [0.29, 0.717) is 6.61 Å². The topological polar surface area (TPSA) is 34.6 Å². The van der Waals surface area contributed by atoms with Crippen molar-refractivity contribution in [2.75, 3.05) is 37.8 Å². The predicted molar refractivity (Wildman–Crippen MR) is 73.0 cm³/mol. The van der Waals surface area contributed by atoms with E-state index in [0.717, 1.165) is 48.7 Å². The number of morpholine rings is 1. The Labute approximate surface area is 115 Å². The maximum Gasteiger partial charge on any atom is 0.129 e. The van der Waals surface area contributed by atoms with Crippen LogP contribution in [0, 0.1) is 6.92 Å². The van der Waals surface area contributed by atoms with E-state index < -0.39 is 0 Å². The number of ether oxygens (including phenoxy) is 2. The Hall–Kier alpha value is -0.650. The second-order valence-corrected chi connectivity index (χ2v) is 5.85. The second kappa shape index (κ2) is 4.79. The first-order chi connectivity index (χ1) is 8.69. The Balaban J connectivity index is 1.81. The molecule has 18 heavy (non-hydrogen) atoms. The quantitative estimate of drug-likeness (QED) is 0.796. The number of aromatic nitrogens is 1. The van der Waals surface area contributed by atoms with Gasteiger partial charge in [-0.2, -0.15) is 0 Å². The molecule has 2 aliphatic heterocycles. The average molecular weight is 313 g/mol. The van der Waals surface area contributed by atoms with Gasteiger partial charge in [0.1, 0.15) is 11.4 Å². The van der Waals surface area contributed by atoms with Crippen LogP contribution >= 0.6 is 15.9 Å². The van der Waals surface area contributed by atoms with Crippen LogP contribution in [0.4, 0.5) is 5.82 Å². The third-order valence-corrected chi connectivity index (χ3v) is 4.48. The number of rotatable bonds is 1. The van der Waals surface area contributed by atoms with Crippen LogP contribution < -0.4 is 4.90 Å². The van der Waals surface area contributed by atoms with E-state index in [4.69, 9.17) is 9.47 Å². The van der Waals surface area contributed by atoms with Crippen molar-refractivity contribution >= 4 is 21.7 Å². The monoisotopic (exact) mass is 312 g/mol. The third kappa shape index (κ3) is 2.27. The Morgan fingerprint density at radius 3 is 3.00 bits per heavy atom. The van der Waals surface area contributed by atoms with E-state index in [1.165, 1.54) is 0 Å². The summed E-state index contributed by atoms with van der Waals surface area (Å²) in [7, 11) is 0. The molecular formula is C13H17BrN2O2. The Bertz CT molecular complexity index is 447. The number of aryl methyl sites for hydroxylation is 1. The van der Waals surface area contributed by atoms with Gasteiger partial charge in [-0.15, -0.1) is 0 Å². The van der Waals surface area contributed by atoms with E-state index >= 15 is 0 Å². The largest absolute Gasteiger partial charge is 0.378 e. The Morgan fingerprint density at radius 2 is 2.28 bits per heavy atom. The summed E-state index contributed by atoms with van der Waals surface area (Å²) in [5, 5.41) is 0. The summed E-state index contributed by atoms with van der Waals surface area (Å²) in [5.41, 5.74) is 0.914. The van der Waals surface area contributed by atoms with Crippen molar-refractivity contribution in [2.24, 2.45) is 0 Å². The van der Waals surface area contributed by atoms with Crippen LogP contribution in [0.3, 0.4) is 0 Å². The first-order valence-electron chi connectivity index (χ1n) is 6.28. The number of hydrogen-bond acceptors (Lipinski definition) is 4. The van der Waals surface area contributed by atoms with Gasteiger partial charge in [0.15, 0.2) is 0 Å². The molecule has 0 bridgehead atoms. The van der Waals surface area contributed by atoms with E-state index in [9.17, 15) is 0 Å². The molecule has 0 N–H and O–H groups in total. The lowest BCUT2D eigenvalue weighted by molar-refractivity contribution is -0.0581. The van der Waals surface area contributed by atoms with Crippen LogP contribution in [0.25, 0.3) is 0 Å². The summed E-state index contributed by atoms with van der Waals surface area (Å²) in [5.74, 6) is 1.03. The third-order valence-electron chi connectivity index (χ3n) is 3.65. The minimum absolute atomic E-state index is 0.110. The van der Waals surface area contributed by atoms with Crippen molar-refractivity contribution in [3.8, 4) is 0 Å². The van der Waals surface area contributed by atoms with Gasteiger partial charge in [-0.05, 0) is 35.0 Å². The molecule has 2 saturated heterocycles. The van der Waals surface area contributed by atoms with Gasteiger partial charge < -0.3 is 14.4 Å². The lowest BCUT2D eigenvalue weighted by Gasteiger charge is -2.40. The minimum Gasteiger partial charge on any atom is -0.378 e. The predicted octanol–water partition coefficient (Wildman–Crippen LogP) is 2.15. The number of hydrogen-bond donors (Lipinski definition) is 0. The first kappa shape index (κ1) is 12.4. The molecule has 1 aromatic rings. The fourth-order valence-corrected chi connectivity index (χ4v) is 2.80. The van der Waals surface area contributed by atoms with Gasteiger partial charge in [-0.1, -0.05) is 0 Å². The molecule has 0 aromatic carbocycles. The molecule has 0 amide bonds. The maximum absolute atomic E-state index is 5.93. The summed E-state index contributed by atoms with van der Waals surface area (Å²) in [6.07, 6.45) is 0.985. The zero-order valence-corrected chi connectivity index (χ0v) is 12.1. The van der Waals surface area contributed by atoms with Crippen LogP contribution in [0.1, 0.15) is 12.1 Å². The highest BCUT2D eigenvalue weighted by molar-refractivity contribution is 9.10. The SMILES string of the molecule is Cc1nc(N2CCOC3(CCOC3)C2)ccc1Br. The zero-order chi connectivity index (χ0) is 12.6. The molecule has 1 aromatic heterocycles.